The summed E-state index contributed by atoms with van der Waals surface area (Å²) in [5, 5.41) is 12.7. The SMILES string of the molecule is CCCCC(=O)Nc1cc(SCc2ccccc2)ccc1O. The van der Waals surface area contributed by atoms with Crippen molar-refractivity contribution in [3.8, 4) is 5.75 Å². The van der Waals surface area contributed by atoms with Crippen LogP contribution in [0.2, 0.25) is 0 Å². The first-order valence-electron chi connectivity index (χ1n) is 7.48. The van der Waals surface area contributed by atoms with Crippen LogP contribution in [0.3, 0.4) is 0 Å². The maximum Gasteiger partial charge on any atom is 0.224 e. The predicted octanol–water partition coefficient (Wildman–Crippen LogP) is 4.81. The van der Waals surface area contributed by atoms with Gasteiger partial charge in [0.05, 0.1) is 5.69 Å². The van der Waals surface area contributed by atoms with Crippen LogP contribution in [-0.2, 0) is 10.5 Å². The zero-order valence-corrected chi connectivity index (χ0v) is 13.5. The highest BCUT2D eigenvalue weighted by Gasteiger charge is 2.07. The van der Waals surface area contributed by atoms with E-state index < -0.39 is 0 Å². The van der Waals surface area contributed by atoms with Gasteiger partial charge in [-0.1, -0.05) is 43.7 Å². The van der Waals surface area contributed by atoms with Gasteiger partial charge in [0.25, 0.3) is 0 Å². The zero-order valence-electron chi connectivity index (χ0n) is 12.7. The molecule has 0 unspecified atom stereocenters. The minimum Gasteiger partial charge on any atom is -0.506 e. The normalized spacial score (nSPS) is 10.4. The molecule has 0 aliphatic rings. The van der Waals surface area contributed by atoms with Crippen molar-refractivity contribution >= 4 is 23.4 Å². The van der Waals surface area contributed by atoms with Gasteiger partial charge in [0, 0.05) is 17.1 Å². The zero-order chi connectivity index (χ0) is 15.8. The van der Waals surface area contributed by atoms with Crippen molar-refractivity contribution in [3.63, 3.8) is 0 Å². The van der Waals surface area contributed by atoms with Gasteiger partial charge in [-0.25, -0.2) is 0 Å². The van der Waals surface area contributed by atoms with Crippen LogP contribution in [0.5, 0.6) is 5.75 Å². The van der Waals surface area contributed by atoms with Crippen LogP contribution < -0.4 is 5.32 Å². The van der Waals surface area contributed by atoms with E-state index in [1.54, 1.807) is 17.8 Å². The first-order valence-corrected chi connectivity index (χ1v) is 8.47. The molecule has 0 aliphatic carbocycles. The maximum atomic E-state index is 11.8. The number of rotatable bonds is 7. The fraction of sp³-hybridized carbons (Fsp3) is 0.278. The van der Waals surface area contributed by atoms with E-state index in [0.29, 0.717) is 12.1 Å². The van der Waals surface area contributed by atoms with E-state index in [2.05, 4.69) is 17.4 Å². The number of aromatic hydroxyl groups is 1. The molecule has 4 heteroatoms. The fourth-order valence-corrected chi connectivity index (χ4v) is 2.89. The highest BCUT2D eigenvalue weighted by atomic mass is 32.2. The summed E-state index contributed by atoms with van der Waals surface area (Å²) >= 11 is 1.68. The molecule has 0 bridgehead atoms. The van der Waals surface area contributed by atoms with Crippen molar-refractivity contribution in [1.29, 1.82) is 0 Å². The summed E-state index contributed by atoms with van der Waals surface area (Å²) < 4.78 is 0. The lowest BCUT2D eigenvalue weighted by Crippen LogP contribution is -2.11. The van der Waals surface area contributed by atoms with Crippen LogP contribution in [0.25, 0.3) is 0 Å². The van der Waals surface area contributed by atoms with Crippen LogP contribution in [0, 0.1) is 0 Å². The van der Waals surface area contributed by atoms with Gasteiger partial charge < -0.3 is 10.4 Å². The molecule has 0 aromatic heterocycles. The molecule has 3 nitrogen and oxygen atoms in total. The van der Waals surface area contributed by atoms with Gasteiger partial charge in [-0.2, -0.15) is 0 Å². The van der Waals surface area contributed by atoms with Crippen LogP contribution in [0.15, 0.2) is 53.4 Å². The van der Waals surface area contributed by atoms with Crippen molar-refractivity contribution < 1.29 is 9.90 Å². The number of phenols is 1. The summed E-state index contributed by atoms with van der Waals surface area (Å²) in [7, 11) is 0. The number of amides is 1. The van der Waals surface area contributed by atoms with Crippen molar-refractivity contribution in [2.24, 2.45) is 0 Å². The summed E-state index contributed by atoms with van der Waals surface area (Å²) in [5.41, 5.74) is 1.73. The second-order valence-corrected chi connectivity index (χ2v) is 6.15. The van der Waals surface area contributed by atoms with Crippen molar-refractivity contribution in [2.75, 3.05) is 5.32 Å². The minimum atomic E-state index is -0.0534. The number of benzene rings is 2. The maximum absolute atomic E-state index is 11.8. The molecule has 2 aromatic rings. The number of nitrogens with one attached hydrogen (secondary N) is 1. The highest BCUT2D eigenvalue weighted by Crippen LogP contribution is 2.31. The first-order chi connectivity index (χ1) is 10.7. The molecule has 1 amide bonds. The molecule has 0 fully saturated rings. The van der Waals surface area contributed by atoms with Gasteiger partial charge in [-0.3, -0.25) is 4.79 Å². The van der Waals surface area contributed by atoms with E-state index in [0.717, 1.165) is 23.5 Å². The highest BCUT2D eigenvalue weighted by molar-refractivity contribution is 7.98. The molecule has 2 N–H and O–H groups in total. The molecule has 2 rings (SSSR count). The Morgan fingerprint density at radius 2 is 1.95 bits per heavy atom. The number of anilines is 1. The lowest BCUT2D eigenvalue weighted by Gasteiger charge is -2.09. The summed E-state index contributed by atoms with van der Waals surface area (Å²) in [4.78, 5) is 12.8. The molecule has 0 saturated carbocycles. The van der Waals surface area contributed by atoms with Gasteiger partial charge in [0.15, 0.2) is 0 Å². The summed E-state index contributed by atoms with van der Waals surface area (Å²) in [6.07, 6.45) is 2.32. The Morgan fingerprint density at radius 1 is 1.18 bits per heavy atom. The quantitative estimate of drug-likeness (QED) is 0.569. The van der Waals surface area contributed by atoms with Crippen molar-refractivity contribution in [2.45, 2.75) is 36.8 Å². The molecule has 0 heterocycles. The van der Waals surface area contributed by atoms with Crippen LogP contribution in [0.1, 0.15) is 31.7 Å². The van der Waals surface area contributed by atoms with Crippen LogP contribution in [0.4, 0.5) is 5.69 Å². The number of carbonyl (C=O) groups excluding carboxylic acids is 1. The molecule has 2 aromatic carbocycles. The predicted molar refractivity (Wildman–Crippen MR) is 92.3 cm³/mol. The van der Waals surface area contributed by atoms with Gasteiger partial charge >= 0.3 is 0 Å². The lowest BCUT2D eigenvalue weighted by molar-refractivity contribution is -0.116. The summed E-state index contributed by atoms with van der Waals surface area (Å²) in [6, 6.07) is 15.5. The van der Waals surface area contributed by atoms with E-state index in [4.69, 9.17) is 0 Å². The van der Waals surface area contributed by atoms with E-state index in [1.165, 1.54) is 5.56 Å². The monoisotopic (exact) mass is 315 g/mol. The molecule has 0 atom stereocenters. The third-order valence-corrected chi connectivity index (χ3v) is 4.31. The Morgan fingerprint density at radius 3 is 2.68 bits per heavy atom. The van der Waals surface area contributed by atoms with Crippen LogP contribution >= 0.6 is 11.8 Å². The second kappa shape index (κ2) is 8.49. The molecular weight excluding hydrogens is 294 g/mol. The average Bonchev–Trinajstić information content (AvgIpc) is 2.54. The van der Waals surface area contributed by atoms with Gasteiger partial charge in [0.2, 0.25) is 5.91 Å². The first kappa shape index (κ1) is 16.4. The molecule has 22 heavy (non-hydrogen) atoms. The lowest BCUT2D eigenvalue weighted by atomic mass is 10.2. The third kappa shape index (κ3) is 5.11. The van der Waals surface area contributed by atoms with E-state index in [9.17, 15) is 9.90 Å². The van der Waals surface area contributed by atoms with Crippen molar-refractivity contribution in [1.82, 2.24) is 0 Å². The largest absolute Gasteiger partial charge is 0.506 e. The molecule has 0 aliphatic heterocycles. The number of unbranched alkanes of at least 4 members (excludes halogenated alkanes) is 1. The van der Waals surface area contributed by atoms with Crippen LogP contribution in [-0.4, -0.2) is 11.0 Å². The Bertz CT molecular complexity index is 614. The minimum absolute atomic E-state index is 0.0534. The topological polar surface area (TPSA) is 49.3 Å². The van der Waals surface area contributed by atoms with E-state index in [-0.39, 0.29) is 11.7 Å². The average molecular weight is 315 g/mol. The molecule has 0 saturated heterocycles. The fourth-order valence-electron chi connectivity index (χ4n) is 2.00. The van der Waals surface area contributed by atoms with Gasteiger partial charge in [-0.05, 0) is 30.2 Å². The number of thioether (sulfide) groups is 1. The Hall–Kier alpha value is -1.94. The molecule has 116 valence electrons. The Labute approximate surface area is 135 Å². The Kier molecular flexibility index (Phi) is 6.34. The molecule has 0 spiro atoms. The number of hydrogen-bond donors (Lipinski definition) is 2. The van der Waals surface area contributed by atoms with Gasteiger partial charge in [0.1, 0.15) is 5.75 Å². The summed E-state index contributed by atoms with van der Waals surface area (Å²) in [6.45, 7) is 2.05. The van der Waals surface area contributed by atoms with E-state index in [1.807, 2.05) is 37.3 Å². The number of phenolic OH excluding ortho intramolecular Hbond substituents is 1. The smallest absolute Gasteiger partial charge is 0.224 e. The summed E-state index contributed by atoms with van der Waals surface area (Å²) in [5.74, 6) is 0.908. The van der Waals surface area contributed by atoms with Gasteiger partial charge in [-0.15, -0.1) is 11.8 Å². The Balaban J connectivity index is 1.98. The molecule has 0 radical (unpaired) electrons. The van der Waals surface area contributed by atoms with Crippen molar-refractivity contribution in [3.05, 3.63) is 54.1 Å². The standard InChI is InChI=1S/C18H21NO2S/c1-2-3-9-18(21)19-16-12-15(10-11-17(16)20)22-13-14-7-5-4-6-8-14/h4-8,10-12,20H,2-3,9,13H2,1H3,(H,19,21). The molecular formula is C18H21NO2S. The second-order valence-electron chi connectivity index (χ2n) is 5.10. The number of carbonyl (C=O) groups is 1. The van der Waals surface area contributed by atoms with E-state index >= 15 is 0 Å². The number of hydrogen-bond acceptors (Lipinski definition) is 3. The third-order valence-electron chi connectivity index (χ3n) is 3.25.